The Labute approximate surface area is 70.1 Å². The number of hydrogen-bond donors (Lipinski definition) is 1. The average Bonchev–Trinajstić information content (AvgIpc) is 1.98. The lowest BCUT2D eigenvalue weighted by atomic mass is 10.2. The molecular formula is C8H8ClNO. The molecule has 0 aliphatic heterocycles. The molecule has 0 amide bonds. The zero-order valence-corrected chi connectivity index (χ0v) is 6.84. The van der Waals surface area contributed by atoms with Crippen molar-refractivity contribution in [3.05, 3.63) is 34.3 Å². The molecular weight excluding hydrogens is 162 g/mol. The van der Waals surface area contributed by atoms with Gasteiger partial charge in [-0.3, -0.25) is 0 Å². The highest BCUT2D eigenvalue weighted by molar-refractivity contribution is 6.31. The van der Waals surface area contributed by atoms with Gasteiger partial charge in [0.15, 0.2) is 0 Å². The standard InChI is InChI=1S/C8H8ClNO/c1-6-2-3-7(5-10-11)4-8(6)9/h2-5,11H,1H3/b10-5+. The Morgan fingerprint density at radius 2 is 2.27 bits per heavy atom. The number of halogens is 1. The third-order valence-electron chi connectivity index (χ3n) is 1.40. The first-order valence-corrected chi connectivity index (χ1v) is 3.55. The van der Waals surface area contributed by atoms with E-state index >= 15 is 0 Å². The smallest absolute Gasteiger partial charge is 0.0734 e. The summed E-state index contributed by atoms with van der Waals surface area (Å²) in [6.45, 7) is 1.92. The molecule has 3 heteroatoms. The van der Waals surface area contributed by atoms with Crippen LogP contribution >= 0.6 is 11.6 Å². The van der Waals surface area contributed by atoms with Crippen LogP contribution in [0.5, 0.6) is 0 Å². The van der Waals surface area contributed by atoms with E-state index in [9.17, 15) is 0 Å². The lowest BCUT2D eigenvalue weighted by Gasteiger charge is -1.96. The minimum absolute atomic E-state index is 0.683. The van der Waals surface area contributed by atoms with Crippen LogP contribution in [0.2, 0.25) is 5.02 Å². The maximum Gasteiger partial charge on any atom is 0.0734 e. The quantitative estimate of drug-likeness (QED) is 0.391. The second-order valence-corrected chi connectivity index (χ2v) is 2.66. The molecule has 1 N–H and O–H groups in total. The van der Waals surface area contributed by atoms with Gasteiger partial charge in [0.2, 0.25) is 0 Å². The lowest BCUT2D eigenvalue weighted by Crippen LogP contribution is -1.82. The summed E-state index contributed by atoms with van der Waals surface area (Å²) in [7, 11) is 0. The van der Waals surface area contributed by atoms with Crippen LogP contribution in [0.15, 0.2) is 23.4 Å². The summed E-state index contributed by atoms with van der Waals surface area (Å²) in [5.74, 6) is 0. The molecule has 0 aliphatic rings. The normalized spacial score (nSPS) is 10.7. The topological polar surface area (TPSA) is 32.6 Å². The number of oxime groups is 1. The number of aryl methyl sites for hydroxylation is 1. The summed E-state index contributed by atoms with van der Waals surface area (Å²) >= 11 is 5.81. The number of hydrogen-bond acceptors (Lipinski definition) is 2. The molecule has 1 aromatic carbocycles. The van der Waals surface area contributed by atoms with E-state index in [1.54, 1.807) is 6.07 Å². The van der Waals surface area contributed by atoms with Gasteiger partial charge in [-0.1, -0.05) is 28.9 Å². The van der Waals surface area contributed by atoms with Crippen molar-refractivity contribution in [2.75, 3.05) is 0 Å². The molecule has 58 valence electrons. The third-order valence-corrected chi connectivity index (χ3v) is 1.81. The molecule has 1 aromatic rings. The fourth-order valence-electron chi connectivity index (χ4n) is 0.756. The molecule has 1 rings (SSSR count). The summed E-state index contributed by atoms with van der Waals surface area (Å²) in [5, 5.41) is 11.8. The first-order valence-electron chi connectivity index (χ1n) is 3.17. The van der Waals surface area contributed by atoms with E-state index in [-0.39, 0.29) is 0 Å². The van der Waals surface area contributed by atoms with Crippen molar-refractivity contribution in [3.8, 4) is 0 Å². The molecule has 0 spiro atoms. The predicted octanol–water partition coefficient (Wildman–Crippen LogP) is 2.46. The Kier molecular flexibility index (Phi) is 2.49. The van der Waals surface area contributed by atoms with Crippen LogP contribution in [-0.2, 0) is 0 Å². The van der Waals surface area contributed by atoms with Crippen LogP contribution in [0.25, 0.3) is 0 Å². The van der Waals surface area contributed by atoms with Crippen LogP contribution < -0.4 is 0 Å². The summed E-state index contributed by atoms with van der Waals surface area (Å²) < 4.78 is 0. The van der Waals surface area contributed by atoms with Gasteiger partial charge in [0, 0.05) is 5.02 Å². The van der Waals surface area contributed by atoms with Crippen molar-refractivity contribution < 1.29 is 5.21 Å². The summed E-state index contributed by atoms with van der Waals surface area (Å²) in [4.78, 5) is 0. The van der Waals surface area contributed by atoms with Crippen molar-refractivity contribution >= 4 is 17.8 Å². The molecule has 0 saturated heterocycles. The highest BCUT2D eigenvalue weighted by Gasteiger charge is 1.94. The molecule has 0 radical (unpaired) electrons. The molecule has 2 nitrogen and oxygen atoms in total. The number of rotatable bonds is 1. The SMILES string of the molecule is Cc1ccc(/C=N/O)cc1Cl. The van der Waals surface area contributed by atoms with Crippen molar-refractivity contribution in [1.29, 1.82) is 0 Å². The minimum atomic E-state index is 0.683. The molecule has 11 heavy (non-hydrogen) atoms. The largest absolute Gasteiger partial charge is 0.411 e. The Bertz CT molecular complexity index is 283. The van der Waals surface area contributed by atoms with E-state index < -0.39 is 0 Å². The van der Waals surface area contributed by atoms with Gasteiger partial charge in [0.1, 0.15) is 0 Å². The van der Waals surface area contributed by atoms with Crippen LogP contribution in [0.4, 0.5) is 0 Å². The summed E-state index contributed by atoms with van der Waals surface area (Å²) in [6, 6.07) is 5.46. The van der Waals surface area contributed by atoms with Crippen molar-refractivity contribution in [2.24, 2.45) is 5.16 Å². The zero-order valence-electron chi connectivity index (χ0n) is 6.08. The second-order valence-electron chi connectivity index (χ2n) is 2.25. The summed E-state index contributed by atoms with van der Waals surface area (Å²) in [5.41, 5.74) is 1.81. The fraction of sp³-hybridized carbons (Fsp3) is 0.125. The minimum Gasteiger partial charge on any atom is -0.411 e. The molecule has 0 aliphatic carbocycles. The number of nitrogens with zero attached hydrogens (tertiary/aromatic N) is 1. The van der Waals surface area contributed by atoms with Crippen molar-refractivity contribution in [1.82, 2.24) is 0 Å². The van der Waals surface area contributed by atoms with Crippen molar-refractivity contribution in [2.45, 2.75) is 6.92 Å². The van der Waals surface area contributed by atoms with E-state index in [0.717, 1.165) is 11.1 Å². The van der Waals surface area contributed by atoms with E-state index in [1.807, 2.05) is 19.1 Å². The van der Waals surface area contributed by atoms with E-state index in [2.05, 4.69) is 5.16 Å². The highest BCUT2D eigenvalue weighted by Crippen LogP contribution is 2.15. The van der Waals surface area contributed by atoms with Gasteiger partial charge in [-0.2, -0.15) is 0 Å². The Morgan fingerprint density at radius 3 is 2.82 bits per heavy atom. The zero-order chi connectivity index (χ0) is 8.27. The Balaban J connectivity index is 3.05. The van der Waals surface area contributed by atoms with Gasteiger partial charge >= 0.3 is 0 Å². The van der Waals surface area contributed by atoms with Crippen LogP contribution in [0.3, 0.4) is 0 Å². The molecule has 0 heterocycles. The predicted molar refractivity (Wildman–Crippen MR) is 45.6 cm³/mol. The maximum atomic E-state index is 8.21. The first kappa shape index (κ1) is 8.08. The Hall–Kier alpha value is -1.02. The molecule has 0 unspecified atom stereocenters. The van der Waals surface area contributed by atoms with E-state index in [1.165, 1.54) is 6.21 Å². The van der Waals surface area contributed by atoms with Crippen LogP contribution in [-0.4, -0.2) is 11.4 Å². The van der Waals surface area contributed by atoms with Gasteiger partial charge < -0.3 is 5.21 Å². The fourth-order valence-corrected chi connectivity index (χ4v) is 0.945. The first-order chi connectivity index (χ1) is 5.24. The molecule has 0 fully saturated rings. The number of benzene rings is 1. The van der Waals surface area contributed by atoms with E-state index in [0.29, 0.717) is 5.02 Å². The Morgan fingerprint density at radius 1 is 1.55 bits per heavy atom. The lowest BCUT2D eigenvalue weighted by molar-refractivity contribution is 0.322. The maximum absolute atomic E-state index is 8.21. The van der Waals surface area contributed by atoms with Gasteiger partial charge in [0.25, 0.3) is 0 Å². The third kappa shape index (κ3) is 1.95. The monoisotopic (exact) mass is 169 g/mol. The molecule has 0 saturated carbocycles. The summed E-state index contributed by atoms with van der Waals surface area (Å²) in [6.07, 6.45) is 1.34. The van der Waals surface area contributed by atoms with Gasteiger partial charge in [-0.05, 0) is 24.1 Å². The molecule has 0 bridgehead atoms. The highest BCUT2D eigenvalue weighted by atomic mass is 35.5. The van der Waals surface area contributed by atoms with Crippen LogP contribution in [0.1, 0.15) is 11.1 Å². The van der Waals surface area contributed by atoms with E-state index in [4.69, 9.17) is 16.8 Å². The molecule has 0 aromatic heterocycles. The van der Waals surface area contributed by atoms with Crippen molar-refractivity contribution in [3.63, 3.8) is 0 Å². The van der Waals surface area contributed by atoms with Gasteiger partial charge in [0.05, 0.1) is 6.21 Å². The average molecular weight is 170 g/mol. The van der Waals surface area contributed by atoms with Crippen LogP contribution in [0, 0.1) is 6.92 Å². The second kappa shape index (κ2) is 3.39. The van der Waals surface area contributed by atoms with Gasteiger partial charge in [-0.25, -0.2) is 0 Å². The molecule has 0 atom stereocenters. The van der Waals surface area contributed by atoms with Gasteiger partial charge in [-0.15, -0.1) is 0 Å².